The highest BCUT2D eigenvalue weighted by Crippen LogP contribution is 2.26. The van der Waals surface area contributed by atoms with Crippen LogP contribution in [0.25, 0.3) is 10.9 Å². The van der Waals surface area contributed by atoms with Crippen molar-refractivity contribution in [3.63, 3.8) is 0 Å². The average Bonchev–Trinajstić information content (AvgIpc) is 3.46. The first kappa shape index (κ1) is 33.2. The molecular formula is C35H45N7O3. The van der Waals surface area contributed by atoms with Gasteiger partial charge in [-0.1, -0.05) is 48.5 Å². The second-order valence-electron chi connectivity index (χ2n) is 11.2. The molecule has 3 aromatic carbocycles. The lowest BCUT2D eigenvalue weighted by Crippen LogP contribution is -2.60. The van der Waals surface area contributed by atoms with E-state index in [2.05, 4.69) is 40.7 Å². The van der Waals surface area contributed by atoms with E-state index < -0.39 is 5.54 Å². The van der Waals surface area contributed by atoms with Crippen LogP contribution in [-0.2, 0) is 17.8 Å². The smallest absolute Gasteiger partial charge is 0.240 e. The number of carbonyl (C=O) groups is 1. The van der Waals surface area contributed by atoms with E-state index in [1.54, 1.807) is 25.2 Å². The number of amides is 1. The minimum atomic E-state index is -0.934. The van der Waals surface area contributed by atoms with Crippen LogP contribution in [0.3, 0.4) is 0 Å². The Morgan fingerprint density at radius 1 is 0.978 bits per heavy atom. The molecule has 0 atom stereocenters. The number of rotatable bonds is 10. The zero-order chi connectivity index (χ0) is 32.2. The monoisotopic (exact) mass is 611 g/mol. The highest BCUT2D eigenvalue weighted by molar-refractivity contribution is 6.00. The average molecular weight is 612 g/mol. The summed E-state index contributed by atoms with van der Waals surface area (Å²) in [7, 11) is 3.17. The summed E-state index contributed by atoms with van der Waals surface area (Å²) in [6.07, 6.45) is 4.25. The van der Waals surface area contributed by atoms with Gasteiger partial charge in [-0.2, -0.15) is 0 Å². The Morgan fingerprint density at radius 2 is 1.69 bits per heavy atom. The molecule has 5 rings (SSSR count). The van der Waals surface area contributed by atoms with Crippen LogP contribution in [0.1, 0.15) is 36.0 Å². The Hall–Kier alpha value is -4.67. The van der Waals surface area contributed by atoms with Gasteiger partial charge in [0, 0.05) is 35.2 Å². The molecule has 0 unspecified atom stereocenters. The van der Waals surface area contributed by atoms with Crippen molar-refractivity contribution in [2.75, 3.05) is 33.9 Å². The Bertz CT molecular complexity index is 1580. The van der Waals surface area contributed by atoms with Gasteiger partial charge in [-0.15, -0.1) is 0 Å². The predicted molar refractivity (Wildman–Crippen MR) is 180 cm³/mol. The summed E-state index contributed by atoms with van der Waals surface area (Å²) in [6.45, 7) is 3.73. The molecule has 0 bridgehead atoms. The number of aromatic nitrogens is 1. The summed E-state index contributed by atoms with van der Waals surface area (Å²) < 4.78 is 10.8. The van der Waals surface area contributed by atoms with E-state index in [0.717, 1.165) is 11.1 Å². The van der Waals surface area contributed by atoms with Crippen LogP contribution in [0.4, 0.5) is 0 Å². The number of nitrogens with zero attached hydrogens (tertiary/aromatic N) is 1. The number of piperidine rings is 1. The molecule has 1 aromatic heterocycles. The molecule has 45 heavy (non-hydrogen) atoms. The fourth-order valence-corrected chi connectivity index (χ4v) is 5.30. The van der Waals surface area contributed by atoms with Crippen molar-refractivity contribution >= 4 is 28.5 Å². The Balaban J connectivity index is 0.000000385. The quantitative estimate of drug-likeness (QED) is 0.112. The van der Waals surface area contributed by atoms with Crippen LogP contribution in [0, 0.1) is 17.7 Å². The van der Waals surface area contributed by atoms with Gasteiger partial charge in [-0.05, 0) is 68.6 Å². The number of fused-ring (bicyclic) bond motifs is 1. The molecule has 0 aliphatic carbocycles. The van der Waals surface area contributed by atoms with Gasteiger partial charge in [0.15, 0.2) is 0 Å². The third kappa shape index (κ3) is 8.93. The van der Waals surface area contributed by atoms with Crippen LogP contribution in [0.5, 0.6) is 11.5 Å². The molecule has 1 aliphatic heterocycles. The molecule has 1 amide bonds. The number of ether oxygens (including phenoxy) is 2. The third-order valence-corrected chi connectivity index (χ3v) is 8.13. The second-order valence-corrected chi connectivity index (χ2v) is 11.2. The van der Waals surface area contributed by atoms with Crippen LogP contribution in [0.15, 0.2) is 79.0 Å². The number of hydrogen-bond acceptors (Lipinski definition) is 7. The fraction of sp³-hybridized carbons (Fsp3) is 0.343. The van der Waals surface area contributed by atoms with Crippen molar-refractivity contribution in [2.45, 2.75) is 44.7 Å². The molecule has 0 saturated carbocycles. The number of nitrogens with one attached hydrogen (secondary N) is 5. The molecule has 4 aromatic rings. The lowest BCUT2D eigenvalue weighted by atomic mass is 9.88. The van der Waals surface area contributed by atoms with Crippen molar-refractivity contribution in [1.82, 2.24) is 20.5 Å². The van der Waals surface area contributed by atoms with E-state index in [9.17, 15) is 4.79 Å². The van der Waals surface area contributed by atoms with Gasteiger partial charge < -0.3 is 35.7 Å². The zero-order valence-corrected chi connectivity index (χ0v) is 26.4. The molecule has 10 heteroatoms. The van der Waals surface area contributed by atoms with Crippen LogP contribution >= 0.6 is 0 Å². The maximum absolute atomic E-state index is 12.8. The molecule has 7 N–H and O–H groups in total. The van der Waals surface area contributed by atoms with Gasteiger partial charge in [-0.25, -0.2) is 0 Å². The zero-order valence-electron chi connectivity index (χ0n) is 26.4. The summed E-state index contributed by atoms with van der Waals surface area (Å²) in [6, 6.07) is 23.7. The summed E-state index contributed by atoms with van der Waals surface area (Å²) in [5, 5.41) is 24.9. The first-order chi connectivity index (χ1) is 21.7. The number of H-pyrrole nitrogens is 1. The van der Waals surface area contributed by atoms with Crippen LogP contribution in [0.2, 0.25) is 0 Å². The molecule has 238 valence electrons. The first-order valence-corrected chi connectivity index (χ1v) is 15.2. The minimum Gasteiger partial charge on any atom is -0.497 e. The minimum absolute atomic E-state index is 0.0165. The number of methoxy groups -OCH3 is 2. The van der Waals surface area contributed by atoms with E-state index in [0.29, 0.717) is 50.3 Å². The molecule has 10 nitrogen and oxygen atoms in total. The third-order valence-electron chi connectivity index (χ3n) is 8.13. The summed E-state index contributed by atoms with van der Waals surface area (Å²) in [5.74, 6) is 1.41. The number of para-hydroxylation sites is 1. The second kappa shape index (κ2) is 15.9. The summed E-state index contributed by atoms with van der Waals surface area (Å²) in [4.78, 5) is 17.6. The molecule has 1 fully saturated rings. The van der Waals surface area contributed by atoms with E-state index in [4.69, 9.17) is 26.0 Å². The van der Waals surface area contributed by atoms with E-state index in [1.165, 1.54) is 16.5 Å². The van der Waals surface area contributed by atoms with Crippen molar-refractivity contribution in [3.05, 3.63) is 95.7 Å². The molecular weight excluding hydrogens is 566 g/mol. The topological polar surface area (TPSA) is 152 Å². The van der Waals surface area contributed by atoms with Crippen LogP contribution < -0.4 is 25.8 Å². The van der Waals surface area contributed by atoms with E-state index in [-0.39, 0.29) is 30.7 Å². The van der Waals surface area contributed by atoms with Gasteiger partial charge in [0.25, 0.3) is 0 Å². The highest BCUT2D eigenvalue weighted by atomic mass is 16.5. The number of carbonyl (C=O) groups excluding carboxylic acids is 1. The number of amidine groups is 2. The molecule has 0 spiro atoms. The first-order valence-electron chi connectivity index (χ1n) is 15.2. The number of aryl methyl sites for hydroxylation is 2. The Labute approximate surface area is 265 Å². The Kier molecular flexibility index (Phi) is 11.7. The largest absolute Gasteiger partial charge is 0.497 e. The van der Waals surface area contributed by atoms with Gasteiger partial charge in [0.2, 0.25) is 5.91 Å². The number of nitrogens with two attached hydrogens (primary N) is 1. The van der Waals surface area contributed by atoms with Crippen molar-refractivity contribution < 1.29 is 14.3 Å². The number of benzene rings is 3. The van der Waals surface area contributed by atoms with Crippen molar-refractivity contribution in [3.8, 4) is 11.5 Å². The summed E-state index contributed by atoms with van der Waals surface area (Å²) in [5.41, 5.74) is 9.85. The Morgan fingerprint density at radius 3 is 2.38 bits per heavy atom. The maximum atomic E-state index is 12.8. The molecule has 1 saturated heterocycles. The van der Waals surface area contributed by atoms with Gasteiger partial charge >= 0.3 is 0 Å². The van der Waals surface area contributed by atoms with E-state index in [1.807, 2.05) is 54.7 Å². The SMILES string of the molecule is COc1ccc(CN(C(=N)CCc2ccccc2)C(=N)CNC(=O)C2(N)CCNCC2)c(OC)c1.Cc1c[nH]c2ccccc12. The van der Waals surface area contributed by atoms with E-state index >= 15 is 0 Å². The van der Waals surface area contributed by atoms with Crippen LogP contribution in [-0.4, -0.2) is 66.9 Å². The van der Waals surface area contributed by atoms with Gasteiger partial charge in [-0.3, -0.25) is 15.6 Å². The fourth-order valence-electron chi connectivity index (χ4n) is 5.30. The lowest BCUT2D eigenvalue weighted by Gasteiger charge is -2.33. The van der Waals surface area contributed by atoms with Gasteiger partial charge in [0.1, 0.15) is 23.2 Å². The van der Waals surface area contributed by atoms with Gasteiger partial charge in [0.05, 0.1) is 32.8 Å². The molecule has 2 heterocycles. The molecule has 1 aliphatic rings. The summed E-state index contributed by atoms with van der Waals surface area (Å²) >= 11 is 0. The van der Waals surface area contributed by atoms with Crippen molar-refractivity contribution in [1.29, 1.82) is 10.8 Å². The normalized spacial score (nSPS) is 13.7. The maximum Gasteiger partial charge on any atom is 0.240 e. The number of aromatic amines is 1. The van der Waals surface area contributed by atoms with Crippen molar-refractivity contribution in [2.24, 2.45) is 5.73 Å². The standard InChI is InChI=1S/C26H36N6O3.C9H9N/c1-34-21-10-9-20(22(16-21)35-2)18-32(23(27)11-8-19-6-4-3-5-7-19)24(28)17-31-25(33)26(29)12-14-30-15-13-26;1-7-6-10-9-5-3-2-4-8(7)9/h3-7,9-10,16,27-28,30H,8,11-15,17-18,29H2,1-2H3,(H,31,33);2-6,10H,1H3. The molecule has 0 radical (unpaired) electrons. The highest BCUT2D eigenvalue weighted by Gasteiger charge is 2.35. The lowest BCUT2D eigenvalue weighted by molar-refractivity contribution is -0.127. The predicted octanol–water partition coefficient (Wildman–Crippen LogP) is 4.77. The number of hydrogen-bond donors (Lipinski definition) is 6.